The van der Waals surface area contributed by atoms with Crippen molar-refractivity contribution in [3.63, 3.8) is 0 Å². The lowest BCUT2D eigenvalue weighted by Crippen LogP contribution is -2.23. The van der Waals surface area contributed by atoms with Crippen LogP contribution in [0.4, 0.5) is 14.6 Å². The average Bonchev–Trinajstić information content (AvgIpc) is 3.01. The molecule has 0 bridgehead atoms. The number of nitrogens with zero attached hydrogens (tertiary/aromatic N) is 2. The van der Waals surface area contributed by atoms with Crippen molar-refractivity contribution >= 4 is 22.8 Å². The topological polar surface area (TPSA) is 81.7 Å². The Morgan fingerprint density at radius 2 is 2.00 bits per heavy atom. The van der Waals surface area contributed by atoms with Crippen LogP contribution in [-0.4, -0.2) is 28.8 Å². The molecule has 2 heterocycles. The van der Waals surface area contributed by atoms with Crippen LogP contribution < -0.4 is 11.2 Å². The number of halogens is 2. The van der Waals surface area contributed by atoms with Gasteiger partial charge in [-0.15, -0.1) is 0 Å². The van der Waals surface area contributed by atoms with Crippen molar-refractivity contribution in [2.45, 2.75) is 20.8 Å². The van der Waals surface area contributed by atoms with Gasteiger partial charge in [0.25, 0.3) is 0 Å². The number of hydrogen-bond donors (Lipinski definition) is 2. The highest BCUT2D eigenvalue weighted by Crippen LogP contribution is 2.30. The summed E-state index contributed by atoms with van der Waals surface area (Å²) in [5.74, 6) is -1.98. The first-order valence-corrected chi connectivity index (χ1v) is 9.41. The fraction of sp³-hybridized carbons (Fsp3) is 0.273. The number of nitrogens with two attached hydrogens (primary N) is 1. The first-order chi connectivity index (χ1) is 14.1. The maximum absolute atomic E-state index is 14.6. The lowest BCUT2D eigenvalue weighted by Gasteiger charge is -2.17. The van der Waals surface area contributed by atoms with Gasteiger partial charge in [-0.1, -0.05) is 32.9 Å². The number of aromatic nitrogens is 2. The van der Waals surface area contributed by atoms with Gasteiger partial charge in [0, 0.05) is 24.2 Å². The van der Waals surface area contributed by atoms with Gasteiger partial charge in [0.05, 0.1) is 6.61 Å². The standard InChI is InChI=1S/C22H24F2N4O2/c1-22(2,3)20(29)19-21(25)27-17-9-8-13(12-28(17)19)14(10-11-30-26-4)15-6-5-7-16(23)18(15)24/h5-10,12,26H,11,25H2,1-4H3/b14-10-. The van der Waals surface area contributed by atoms with Gasteiger partial charge in [-0.2, -0.15) is 0 Å². The van der Waals surface area contributed by atoms with Crippen LogP contribution >= 0.6 is 0 Å². The molecule has 0 aliphatic heterocycles. The molecule has 0 unspecified atom stereocenters. The zero-order valence-corrected chi connectivity index (χ0v) is 17.3. The predicted molar refractivity (Wildman–Crippen MR) is 112 cm³/mol. The summed E-state index contributed by atoms with van der Waals surface area (Å²) in [5, 5.41) is 0. The molecule has 0 atom stereocenters. The number of Topliss-reactive ketones (excluding diaryl/α,β-unsaturated/α-hetero) is 1. The highest BCUT2D eigenvalue weighted by Gasteiger charge is 2.28. The zero-order chi connectivity index (χ0) is 22.1. The van der Waals surface area contributed by atoms with E-state index in [1.54, 1.807) is 56.6 Å². The summed E-state index contributed by atoms with van der Waals surface area (Å²) in [5.41, 5.74) is 9.66. The fourth-order valence-electron chi connectivity index (χ4n) is 3.11. The number of hydrogen-bond acceptors (Lipinski definition) is 5. The molecule has 30 heavy (non-hydrogen) atoms. The molecule has 0 fully saturated rings. The average molecular weight is 414 g/mol. The summed E-state index contributed by atoms with van der Waals surface area (Å²) < 4.78 is 30.0. The number of anilines is 1. The molecule has 1 aromatic carbocycles. The number of imidazole rings is 1. The molecule has 0 aliphatic carbocycles. The van der Waals surface area contributed by atoms with Crippen molar-refractivity contribution in [1.29, 1.82) is 0 Å². The molecule has 8 heteroatoms. The predicted octanol–water partition coefficient (Wildman–Crippen LogP) is 4.01. The van der Waals surface area contributed by atoms with Gasteiger partial charge in [-0.3, -0.25) is 14.0 Å². The minimum atomic E-state index is -0.968. The number of rotatable bonds is 6. The Morgan fingerprint density at radius 3 is 2.67 bits per heavy atom. The van der Waals surface area contributed by atoms with Crippen LogP contribution in [0.25, 0.3) is 11.2 Å². The molecular weight excluding hydrogens is 390 g/mol. The van der Waals surface area contributed by atoms with Crippen molar-refractivity contribution in [1.82, 2.24) is 14.9 Å². The molecule has 0 aliphatic rings. The van der Waals surface area contributed by atoms with E-state index in [0.717, 1.165) is 6.07 Å². The van der Waals surface area contributed by atoms with E-state index in [-0.39, 0.29) is 29.5 Å². The number of fused-ring (bicyclic) bond motifs is 1. The molecular formula is C22H24F2N4O2. The smallest absolute Gasteiger partial charge is 0.188 e. The second-order valence-corrected chi connectivity index (χ2v) is 7.81. The minimum Gasteiger partial charge on any atom is -0.382 e. The molecule has 0 saturated carbocycles. The normalized spacial score (nSPS) is 12.5. The van der Waals surface area contributed by atoms with E-state index in [1.165, 1.54) is 12.1 Å². The van der Waals surface area contributed by atoms with E-state index >= 15 is 0 Å². The lowest BCUT2D eigenvalue weighted by molar-refractivity contribution is 0.0813. The molecule has 3 aromatic rings. The van der Waals surface area contributed by atoms with Crippen LogP contribution in [0.3, 0.4) is 0 Å². The molecule has 6 nitrogen and oxygen atoms in total. The van der Waals surface area contributed by atoms with Gasteiger partial charge >= 0.3 is 0 Å². The van der Waals surface area contributed by atoms with E-state index in [1.807, 2.05) is 0 Å². The van der Waals surface area contributed by atoms with Crippen LogP contribution in [0.2, 0.25) is 0 Å². The first-order valence-electron chi connectivity index (χ1n) is 9.41. The van der Waals surface area contributed by atoms with E-state index in [9.17, 15) is 13.6 Å². The molecule has 0 radical (unpaired) electrons. The third kappa shape index (κ3) is 4.10. The number of hydroxylamine groups is 1. The molecule has 3 N–H and O–H groups in total. The summed E-state index contributed by atoms with van der Waals surface area (Å²) in [7, 11) is 1.60. The fourth-order valence-corrected chi connectivity index (χ4v) is 3.11. The summed E-state index contributed by atoms with van der Waals surface area (Å²) in [6.45, 7) is 5.49. The van der Waals surface area contributed by atoms with Gasteiger partial charge < -0.3 is 5.73 Å². The van der Waals surface area contributed by atoms with Crippen molar-refractivity contribution in [3.8, 4) is 0 Å². The molecule has 2 aromatic heterocycles. The van der Waals surface area contributed by atoms with E-state index in [4.69, 9.17) is 10.6 Å². The molecule has 0 saturated heterocycles. The summed E-state index contributed by atoms with van der Waals surface area (Å²) in [4.78, 5) is 22.3. The number of ketones is 1. The van der Waals surface area contributed by atoms with Gasteiger partial charge in [-0.25, -0.2) is 19.2 Å². The molecule has 3 rings (SSSR count). The van der Waals surface area contributed by atoms with Crippen LogP contribution in [-0.2, 0) is 4.84 Å². The third-order valence-electron chi connectivity index (χ3n) is 4.61. The van der Waals surface area contributed by atoms with Crippen molar-refractivity contribution < 1.29 is 18.4 Å². The van der Waals surface area contributed by atoms with E-state index in [2.05, 4.69) is 10.5 Å². The number of pyridine rings is 1. The molecule has 0 amide bonds. The van der Waals surface area contributed by atoms with Crippen molar-refractivity contribution in [3.05, 3.63) is 71.1 Å². The lowest BCUT2D eigenvalue weighted by atomic mass is 9.89. The highest BCUT2D eigenvalue weighted by atomic mass is 19.2. The summed E-state index contributed by atoms with van der Waals surface area (Å²) >= 11 is 0. The second-order valence-electron chi connectivity index (χ2n) is 7.81. The maximum Gasteiger partial charge on any atom is 0.188 e. The summed E-state index contributed by atoms with van der Waals surface area (Å²) in [6.07, 6.45) is 3.27. The molecule has 0 spiro atoms. The number of carbonyl (C=O) groups is 1. The quantitative estimate of drug-likeness (QED) is 0.362. The SMILES string of the molecule is CNOC/C=C(/c1ccc2nc(N)c(C(=O)C(C)(C)C)n2c1)c1cccc(F)c1F. The Morgan fingerprint density at radius 1 is 1.27 bits per heavy atom. The number of carbonyl (C=O) groups excluding carboxylic acids is 1. The van der Waals surface area contributed by atoms with Crippen molar-refractivity contribution in [2.24, 2.45) is 5.41 Å². The minimum absolute atomic E-state index is 0.0749. The second kappa shape index (κ2) is 8.33. The van der Waals surface area contributed by atoms with Crippen LogP contribution in [0.5, 0.6) is 0 Å². The monoisotopic (exact) mass is 414 g/mol. The van der Waals surface area contributed by atoms with Crippen LogP contribution in [0, 0.1) is 17.0 Å². The molecule has 158 valence electrons. The van der Waals surface area contributed by atoms with Gasteiger partial charge in [0.1, 0.15) is 11.3 Å². The summed E-state index contributed by atoms with van der Waals surface area (Å²) in [6, 6.07) is 7.36. The Bertz CT molecular complexity index is 1130. The Labute approximate surface area is 173 Å². The first kappa shape index (κ1) is 21.6. The van der Waals surface area contributed by atoms with Gasteiger partial charge in [-0.05, 0) is 35.4 Å². The Hall–Kier alpha value is -3.10. The van der Waals surface area contributed by atoms with E-state index in [0.29, 0.717) is 16.8 Å². The number of nitrogens with one attached hydrogen (secondary N) is 1. The Kier molecular flexibility index (Phi) is 6.00. The third-order valence-corrected chi connectivity index (χ3v) is 4.61. The Balaban J connectivity index is 2.21. The zero-order valence-electron chi connectivity index (χ0n) is 17.3. The highest BCUT2D eigenvalue weighted by molar-refractivity contribution is 6.03. The van der Waals surface area contributed by atoms with Crippen LogP contribution in [0.1, 0.15) is 42.4 Å². The van der Waals surface area contributed by atoms with E-state index < -0.39 is 17.0 Å². The largest absolute Gasteiger partial charge is 0.382 e. The van der Waals surface area contributed by atoms with Gasteiger partial charge in [0.2, 0.25) is 0 Å². The van der Waals surface area contributed by atoms with Crippen molar-refractivity contribution in [2.75, 3.05) is 19.4 Å². The van der Waals surface area contributed by atoms with Gasteiger partial charge in [0.15, 0.2) is 23.2 Å². The number of benzene rings is 1. The number of nitrogen functional groups attached to an aromatic ring is 1. The maximum atomic E-state index is 14.6. The van der Waals surface area contributed by atoms with Crippen LogP contribution in [0.15, 0.2) is 42.6 Å².